The number of benzene rings is 1. The summed E-state index contributed by atoms with van der Waals surface area (Å²) in [7, 11) is 0. The van der Waals surface area contributed by atoms with Gasteiger partial charge >= 0.3 is 0 Å². The topological polar surface area (TPSA) is 26.3 Å². The lowest BCUT2D eigenvalue weighted by Crippen LogP contribution is -2.31. The Morgan fingerprint density at radius 1 is 1.29 bits per heavy atom. The number of hydrogen-bond acceptors (Lipinski definition) is 2. The van der Waals surface area contributed by atoms with Crippen molar-refractivity contribution in [2.45, 2.75) is 58.2 Å². The quantitative estimate of drug-likeness (QED) is 0.531. The van der Waals surface area contributed by atoms with Crippen molar-refractivity contribution < 1.29 is 9.53 Å². The van der Waals surface area contributed by atoms with Crippen molar-refractivity contribution in [3.8, 4) is 0 Å². The summed E-state index contributed by atoms with van der Waals surface area (Å²) in [6.45, 7) is 4.43. The molecular formula is C19H26O2. The Bertz CT molecular complexity index is 464. The molecule has 2 nitrogen and oxygen atoms in total. The summed E-state index contributed by atoms with van der Waals surface area (Å²) >= 11 is 0. The molecule has 1 aromatic carbocycles. The summed E-state index contributed by atoms with van der Waals surface area (Å²) in [6.07, 6.45) is 9.40. The molecule has 0 aromatic heterocycles. The Balaban J connectivity index is 1.93. The van der Waals surface area contributed by atoms with Gasteiger partial charge < -0.3 is 4.74 Å². The highest BCUT2D eigenvalue weighted by Crippen LogP contribution is 2.26. The number of rotatable bonds is 7. The van der Waals surface area contributed by atoms with Crippen LogP contribution in [0.15, 0.2) is 42.5 Å². The fraction of sp³-hybridized carbons (Fsp3) is 0.526. The van der Waals surface area contributed by atoms with Gasteiger partial charge in [-0.25, -0.2) is 0 Å². The van der Waals surface area contributed by atoms with Gasteiger partial charge in [-0.1, -0.05) is 69.2 Å². The molecule has 1 aliphatic heterocycles. The zero-order chi connectivity index (χ0) is 15.1. The fourth-order valence-corrected chi connectivity index (χ4v) is 3.01. The minimum Gasteiger partial charge on any atom is -0.370 e. The van der Waals surface area contributed by atoms with Gasteiger partial charge in [0.25, 0.3) is 0 Å². The minimum atomic E-state index is 0.0265. The number of hydrogen-bond donors (Lipinski definition) is 0. The summed E-state index contributed by atoms with van der Waals surface area (Å²) in [4.78, 5) is 12.3. The normalized spacial score (nSPS) is 23.0. The molecule has 0 saturated heterocycles. The third-order valence-electron chi connectivity index (χ3n) is 4.23. The highest BCUT2D eigenvalue weighted by Gasteiger charge is 2.25. The van der Waals surface area contributed by atoms with Crippen molar-refractivity contribution in [3.63, 3.8) is 0 Å². The number of Topliss-reactive ketones (excluding diaryl/α,β-unsaturated/α-hetero) is 1. The molecule has 0 amide bonds. The largest absolute Gasteiger partial charge is 0.370 e. The van der Waals surface area contributed by atoms with Gasteiger partial charge in [-0.15, -0.1) is 0 Å². The van der Waals surface area contributed by atoms with Crippen LogP contribution in [-0.4, -0.2) is 18.0 Å². The lowest BCUT2D eigenvalue weighted by Gasteiger charge is -2.31. The van der Waals surface area contributed by atoms with Crippen molar-refractivity contribution >= 4 is 5.78 Å². The van der Waals surface area contributed by atoms with Crippen LogP contribution in [0.5, 0.6) is 0 Å². The number of carbonyl (C=O) groups is 1. The lowest BCUT2D eigenvalue weighted by atomic mass is 9.91. The third kappa shape index (κ3) is 4.53. The molecule has 0 N–H and O–H groups in total. The molecule has 0 saturated carbocycles. The van der Waals surface area contributed by atoms with Crippen LogP contribution < -0.4 is 0 Å². The first-order valence-electron chi connectivity index (χ1n) is 8.15. The van der Waals surface area contributed by atoms with E-state index in [1.807, 2.05) is 30.3 Å². The predicted molar refractivity (Wildman–Crippen MR) is 86.5 cm³/mol. The van der Waals surface area contributed by atoms with Gasteiger partial charge in [-0.2, -0.15) is 0 Å². The summed E-state index contributed by atoms with van der Waals surface area (Å²) in [5.41, 5.74) is 0.785. The maximum absolute atomic E-state index is 12.3. The van der Waals surface area contributed by atoms with Gasteiger partial charge in [0.1, 0.15) is 0 Å². The highest BCUT2D eigenvalue weighted by molar-refractivity contribution is 5.96. The molecule has 0 fully saturated rings. The molecule has 114 valence electrons. The molecule has 2 rings (SSSR count). The summed E-state index contributed by atoms with van der Waals surface area (Å²) in [5, 5.41) is 0. The van der Waals surface area contributed by atoms with Crippen LogP contribution in [0.2, 0.25) is 0 Å². The minimum absolute atomic E-state index is 0.0265. The highest BCUT2D eigenvalue weighted by atomic mass is 16.5. The van der Waals surface area contributed by atoms with E-state index in [4.69, 9.17) is 4.74 Å². The van der Waals surface area contributed by atoms with Crippen LogP contribution in [0.1, 0.15) is 56.3 Å². The molecule has 1 aliphatic rings. The predicted octanol–water partition coefficient (Wildman–Crippen LogP) is 4.80. The van der Waals surface area contributed by atoms with Crippen LogP contribution in [0, 0.1) is 5.92 Å². The van der Waals surface area contributed by atoms with E-state index < -0.39 is 0 Å². The van der Waals surface area contributed by atoms with Crippen molar-refractivity contribution in [2.24, 2.45) is 5.92 Å². The van der Waals surface area contributed by atoms with E-state index in [9.17, 15) is 4.79 Å². The maximum atomic E-state index is 12.3. The lowest BCUT2D eigenvalue weighted by molar-refractivity contribution is -0.0264. The molecule has 0 aliphatic carbocycles. The van der Waals surface area contributed by atoms with E-state index in [0.717, 1.165) is 18.4 Å². The standard InChI is InChI=1S/C19H26O2/c1-3-9-15(4-2)19-13-8-12-17(21-19)14-18(20)16-10-6-5-7-11-16/h5-8,10-11,13,15,17,19H,3-4,9,12,14H2,1-2H3/t15?,17-,19+/m1/s1. The van der Waals surface area contributed by atoms with E-state index in [-0.39, 0.29) is 18.0 Å². The van der Waals surface area contributed by atoms with E-state index in [1.54, 1.807) is 0 Å². The second-order valence-corrected chi connectivity index (χ2v) is 5.84. The van der Waals surface area contributed by atoms with Gasteiger partial charge in [0.15, 0.2) is 5.78 Å². The molecule has 3 atom stereocenters. The van der Waals surface area contributed by atoms with Gasteiger partial charge in [0.05, 0.1) is 12.2 Å². The molecule has 1 aromatic rings. The molecule has 0 bridgehead atoms. The first-order chi connectivity index (χ1) is 10.2. The summed E-state index contributed by atoms with van der Waals surface area (Å²) in [5.74, 6) is 0.749. The van der Waals surface area contributed by atoms with Crippen LogP contribution in [0.3, 0.4) is 0 Å². The van der Waals surface area contributed by atoms with Crippen molar-refractivity contribution in [1.82, 2.24) is 0 Å². The van der Waals surface area contributed by atoms with Crippen molar-refractivity contribution in [2.75, 3.05) is 0 Å². The first kappa shape index (κ1) is 16.0. The van der Waals surface area contributed by atoms with Crippen LogP contribution in [0.4, 0.5) is 0 Å². The number of ether oxygens (including phenoxy) is 1. The van der Waals surface area contributed by atoms with Gasteiger partial charge in [-0.05, 0) is 18.8 Å². The molecule has 2 heteroatoms. The number of carbonyl (C=O) groups excluding carboxylic acids is 1. The third-order valence-corrected chi connectivity index (χ3v) is 4.23. The molecule has 21 heavy (non-hydrogen) atoms. The van der Waals surface area contributed by atoms with E-state index in [2.05, 4.69) is 26.0 Å². The molecule has 0 spiro atoms. The molecule has 1 unspecified atom stereocenters. The van der Waals surface area contributed by atoms with Crippen LogP contribution in [-0.2, 0) is 4.74 Å². The second-order valence-electron chi connectivity index (χ2n) is 5.84. The van der Waals surface area contributed by atoms with E-state index in [1.165, 1.54) is 12.8 Å². The average molecular weight is 286 g/mol. The van der Waals surface area contributed by atoms with Gasteiger partial charge in [0.2, 0.25) is 0 Å². The average Bonchev–Trinajstić information content (AvgIpc) is 2.53. The monoisotopic (exact) mass is 286 g/mol. The maximum Gasteiger partial charge on any atom is 0.165 e. The Kier molecular flexibility index (Phi) is 6.19. The summed E-state index contributed by atoms with van der Waals surface area (Å²) < 4.78 is 6.18. The zero-order valence-electron chi connectivity index (χ0n) is 13.1. The molecule has 1 heterocycles. The Labute approximate surface area is 128 Å². The Morgan fingerprint density at radius 2 is 2.05 bits per heavy atom. The van der Waals surface area contributed by atoms with Crippen molar-refractivity contribution in [3.05, 3.63) is 48.0 Å². The Morgan fingerprint density at radius 3 is 2.71 bits per heavy atom. The molecule has 0 radical (unpaired) electrons. The van der Waals surface area contributed by atoms with Gasteiger partial charge in [0, 0.05) is 12.0 Å². The molecular weight excluding hydrogens is 260 g/mol. The number of ketones is 1. The van der Waals surface area contributed by atoms with E-state index >= 15 is 0 Å². The van der Waals surface area contributed by atoms with Crippen molar-refractivity contribution in [1.29, 1.82) is 0 Å². The smallest absolute Gasteiger partial charge is 0.165 e. The zero-order valence-corrected chi connectivity index (χ0v) is 13.1. The Hall–Kier alpha value is -1.41. The fourth-order valence-electron chi connectivity index (χ4n) is 3.01. The summed E-state index contributed by atoms with van der Waals surface area (Å²) in [6, 6.07) is 9.51. The van der Waals surface area contributed by atoms with Crippen LogP contribution in [0.25, 0.3) is 0 Å². The SMILES string of the molecule is CCCC(CC)[C@@H]1C=CC[C@H](CC(=O)c2ccccc2)O1. The van der Waals surface area contributed by atoms with E-state index in [0.29, 0.717) is 12.3 Å². The van der Waals surface area contributed by atoms with Crippen LogP contribution >= 0.6 is 0 Å². The van der Waals surface area contributed by atoms with Gasteiger partial charge in [-0.3, -0.25) is 4.79 Å². The first-order valence-corrected chi connectivity index (χ1v) is 8.15. The second kappa shape index (κ2) is 8.14.